The number of nitrogens with zero attached hydrogens (tertiary/aromatic N) is 3. The zero-order chi connectivity index (χ0) is 14.8. The highest BCUT2D eigenvalue weighted by molar-refractivity contribution is 5.81. The Balaban J connectivity index is 1.97. The topological polar surface area (TPSA) is 55.3 Å². The summed E-state index contributed by atoms with van der Waals surface area (Å²) in [6, 6.07) is 3.70. The van der Waals surface area contributed by atoms with E-state index < -0.39 is 0 Å². The van der Waals surface area contributed by atoms with Crippen LogP contribution >= 0.6 is 0 Å². The zero-order valence-electron chi connectivity index (χ0n) is 12.7. The fourth-order valence-electron chi connectivity index (χ4n) is 2.31. The first-order valence-corrected chi connectivity index (χ1v) is 7.12. The summed E-state index contributed by atoms with van der Waals surface area (Å²) in [4.78, 5) is 14.2. The average Bonchev–Trinajstić information content (AvgIpc) is 2.40. The van der Waals surface area contributed by atoms with Gasteiger partial charge in [-0.2, -0.15) is 5.10 Å². The first-order valence-electron chi connectivity index (χ1n) is 7.12. The Morgan fingerprint density at radius 2 is 2.10 bits per heavy atom. The number of aryl methyl sites for hydroxylation is 1. The number of likely N-dealkylation sites (tertiary alicyclic amines) is 1. The van der Waals surface area contributed by atoms with Gasteiger partial charge in [0.2, 0.25) is 11.8 Å². The lowest BCUT2D eigenvalue weighted by Crippen LogP contribution is -2.48. The first kappa shape index (κ1) is 14.8. The molecule has 5 nitrogen and oxygen atoms in total. The minimum absolute atomic E-state index is 0.00653. The zero-order valence-corrected chi connectivity index (χ0v) is 12.7. The normalized spacial score (nSPS) is 19.8. The van der Waals surface area contributed by atoms with E-state index in [1.165, 1.54) is 0 Å². The number of hydrogen-bond acceptors (Lipinski definition) is 4. The summed E-state index contributed by atoms with van der Waals surface area (Å²) < 4.78 is 5.84. The van der Waals surface area contributed by atoms with Crippen molar-refractivity contribution in [3.63, 3.8) is 0 Å². The number of aromatic nitrogens is 2. The van der Waals surface area contributed by atoms with E-state index in [-0.39, 0.29) is 17.4 Å². The van der Waals surface area contributed by atoms with Crippen molar-refractivity contribution >= 4 is 5.91 Å². The molecule has 1 unspecified atom stereocenters. The molecule has 5 heteroatoms. The number of carbonyl (C=O) groups is 1. The lowest BCUT2D eigenvalue weighted by atomic mass is 9.93. The molecule has 0 N–H and O–H groups in total. The number of hydrogen-bond donors (Lipinski definition) is 0. The Kier molecular flexibility index (Phi) is 4.26. The van der Waals surface area contributed by atoms with Crippen molar-refractivity contribution < 1.29 is 9.53 Å². The molecule has 110 valence electrons. The Morgan fingerprint density at radius 3 is 2.70 bits per heavy atom. The molecule has 2 rings (SSSR count). The predicted octanol–water partition coefficient (Wildman–Crippen LogP) is 2.20. The molecule has 20 heavy (non-hydrogen) atoms. The third kappa shape index (κ3) is 3.68. The highest BCUT2D eigenvalue weighted by Crippen LogP contribution is 2.22. The fourth-order valence-corrected chi connectivity index (χ4v) is 2.31. The smallest absolute Gasteiger partial charge is 0.233 e. The van der Waals surface area contributed by atoms with Gasteiger partial charge in [0.25, 0.3) is 0 Å². The second kappa shape index (κ2) is 5.77. The van der Waals surface area contributed by atoms with E-state index in [9.17, 15) is 4.79 Å². The van der Waals surface area contributed by atoms with Gasteiger partial charge in [-0.25, -0.2) is 0 Å². The van der Waals surface area contributed by atoms with Crippen molar-refractivity contribution in [3.8, 4) is 5.88 Å². The van der Waals surface area contributed by atoms with E-state index in [1.54, 1.807) is 0 Å². The molecular formula is C15H23N3O2. The average molecular weight is 277 g/mol. The van der Waals surface area contributed by atoms with Crippen molar-refractivity contribution in [3.05, 3.63) is 17.8 Å². The van der Waals surface area contributed by atoms with Crippen LogP contribution in [-0.2, 0) is 4.79 Å². The highest BCUT2D eigenvalue weighted by Gasteiger charge is 2.31. The summed E-state index contributed by atoms with van der Waals surface area (Å²) in [7, 11) is 0. The van der Waals surface area contributed by atoms with Crippen molar-refractivity contribution in [2.75, 3.05) is 13.1 Å². The lowest BCUT2D eigenvalue weighted by molar-refractivity contribution is -0.142. The third-order valence-electron chi connectivity index (χ3n) is 3.37. The van der Waals surface area contributed by atoms with Crippen molar-refractivity contribution in [2.45, 2.75) is 46.6 Å². The standard InChI is InChI=1S/C15H23N3O2/c1-11-7-8-13(17-16-11)20-12-6-5-9-18(10-12)14(19)15(2,3)4/h7-8,12H,5-6,9-10H2,1-4H3. The van der Waals surface area contributed by atoms with Crippen LogP contribution in [0.1, 0.15) is 39.3 Å². The van der Waals surface area contributed by atoms with Crippen LogP contribution in [0.5, 0.6) is 5.88 Å². The van der Waals surface area contributed by atoms with E-state index in [2.05, 4.69) is 10.2 Å². The minimum atomic E-state index is -0.342. The van der Waals surface area contributed by atoms with Gasteiger partial charge in [0.05, 0.1) is 12.2 Å². The number of rotatable bonds is 2. The molecule has 1 aromatic heterocycles. The van der Waals surface area contributed by atoms with E-state index in [1.807, 2.05) is 44.7 Å². The Hall–Kier alpha value is -1.65. The summed E-state index contributed by atoms with van der Waals surface area (Å²) in [5, 5.41) is 8.00. The maximum atomic E-state index is 12.3. The predicted molar refractivity (Wildman–Crippen MR) is 76.5 cm³/mol. The molecule has 0 saturated carbocycles. The summed E-state index contributed by atoms with van der Waals surface area (Å²) >= 11 is 0. The second-order valence-electron chi connectivity index (χ2n) is 6.40. The molecule has 1 atom stereocenters. The molecule has 0 bridgehead atoms. The molecule has 0 spiro atoms. The lowest BCUT2D eigenvalue weighted by Gasteiger charge is -2.36. The van der Waals surface area contributed by atoms with Crippen LogP contribution in [0.4, 0.5) is 0 Å². The Morgan fingerprint density at radius 1 is 1.35 bits per heavy atom. The Bertz CT molecular complexity index is 465. The van der Waals surface area contributed by atoms with Crippen LogP contribution in [0.3, 0.4) is 0 Å². The third-order valence-corrected chi connectivity index (χ3v) is 3.37. The van der Waals surface area contributed by atoms with Crippen LogP contribution in [0.15, 0.2) is 12.1 Å². The molecule has 0 radical (unpaired) electrons. The molecule has 0 aromatic carbocycles. The molecule has 1 saturated heterocycles. The van der Waals surface area contributed by atoms with E-state index in [4.69, 9.17) is 4.74 Å². The maximum absolute atomic E-state index is 12.3. The maximum Gasteiger partial charge on any atom is 0.233 e. The van der Waals surface area contributed by atoms with Gasteiger partial charge in [0.1, 0.15) is 6.10 Å². The summed E-state index contributed by atoms with van der Waals surface area (Å²) in [6.07, 6.45) is 1.92. The van der Waals surface area contributed by atoms with Gasteiger partial charge in [-0.3, -0.25) is 4.79 Å². The number of ether oxygens (including phenoxy) is 1. The number of carbonyl (C=O) groups excluding carboxylic acids is 1. The SMILES string of the molecule is Cc1ccc(OC2CCCN(C(=O)C(C)(C)C)C2)nn1. The quantitative estimate of drug-likeness (QED) is 0.831. The molecule has 1 aliphatic heterocycles. The monoisotopic (exact) mass is 277 g/mol. The van der Waals surface area contributed by atoms with Crippen LogP contribution < -0.4 is 4.74 Å². The summed E-state index contributed by atoms with van der Waals surface area (Å²) in [5.41, 5.74) is 0.525. The molecule has 0 aliphatic carbocycles. The molecule has 1 aromatic rings. The van der Waals surface area contributed by atoms with Crippen LogP contribution in [0, 0.1) is 12.3 Å². The molecule has 1 amide bonds. The van der Waals surface area contributed by atoms with E-state index >= 15 is 0 Å². The van der Waals surface area contributed by atoms with Crippen molar-refractivity contribution in [1.29, 1.82) is 0 Å². The fraction of sp³-hybridized carbons (Fsp3) is 0.667. The van der Waals surface area contributed by atoms with Crippen LogP contribution in [-0.4, -0.2) is 40.2 Å². The van der Waals surface area contributed by atoms with E-state index in [0.29, 0.717) is 12.4 Å². The van der Waals surface area contributed by atoms with Gasteiger partial charge < -0.3 is 9.64 Å². The van der Waals surface area contributed by atoms with Gasteiger partial charge in [-0.1, -0.05) is 20.8 Å². The van der Waals surface area contributed by atoms with E-state index in [0.717, 1.165) is 25.1 Å². The minimum Gasteiger partial charge on any atom is -0.471 e. The molecular weight excluding hydrogens is 254 g/mol. The van der Waals surface area contributed by atoms with Gasteiger partial charge in [-0.05, 0) is 25.8 Å². The number of amides is 1. The molecule has 2 heterocycles. The molecule has 1 aliphatic rings. The van der Waals surface area contributed by atoms with Crippen molar-refractivity contribution in [2.24, 2.45) is 5.41 Å². The van der Waals surface area contributed by atoms with Gasteiger partial charge in [-0.15, -0.1) is 5.10 Å². The number of piperidine rings is 1. The van der Waals surface area contributed by atoms with Gasteiger partial charge >= 0.3 is 0 Å². The summed E-state index contributed by atoms with van der Waals surface area (Å²) in [6.45, 7) is 9.18. The first-order chi connectivity index (χ1) is 9.36. The van der Waals surface area contributed by atoms with Crippen LogP contribution in [0.25, 0.3) is 0 Å². The molecule has 1 fully saturated rings. The van der Waals surface area contributed by atoms with Gasteiger partial charge in [0, 0.05) is 18.0 Å². The Labute approximate surface area is 120 Å². The second-order valence-corrected chi connectivity index (χ2v) is 6.40. The largest absolute Gasteiger partial charge is 0.471 e. The van der Waals surface area contributed by atoms with Gasteiger partial charge in [0.15, 0.2) is 0 Å². The van der Waals surface area contributed by atoms with Crippen LogP contribution in [0.2, 0.25) is 0 Å². The summed E-state index contributed by atoms with van der Waals surface area (Å²) in [5.74, 6) is 0.714. The van der Waals surface area contributed by atoms with Crippen molar-refractivity contribution in [1.82, 2.24) is 15.1 Å². The highest BCUT2D eigenvalue weighted by atomic mass is 16.5.